The number of ether oxygens (including phenoxy) is 3. The van der Waals surface area contributed by atoms with E-state index in [9.17, 15) is 0 Å². The predicted molar refractivity (Wildman–Crippen MR) is 61.1 cm³/mol. The molecule has 1 heterocycles. The van der Waals surface area contributed by atoms with Gasteiger partial charge in [-0.05, 0) is 0 Å². The molecule has 17 heavy (non-hydrogen) atoms. The van der Waals surface area contributed by atoms with Gasteiger partial charge < -0.3 is 14.2 Å². The van der Waals surface area contributed by atoms with Crippen LogP contribution in [-0.4, -0.2) is 25.9 Å². The van der Waals surface area contributed by atoms with E-state index in [1.807, 2.05) is 36.4 Å². The van der Waals surface area contributed by atoms with E-state index in [1.54, 1.807) is 0 Å². The third kappa shape index (κ3) is 3.53. The van der Waals surface area contributed by atoms with E-state index in [2.05, 4.69) is 0 Å². The molecule has 1 aromatic carbocycles. The maximum atomic E-state index is 8.39. The van der Waals surface area contributed by atoms with Crippen molar-refractivity contribution in [2.24, 2.45) is 0 Å². The quantitative estimate of drug-likeness (QED) is 0.747. The maximum absolute atomic E-state index is 8.39. The van der Waals surface area contributed by atoms with Crippen LogP contribution >= 0.6 is 0 Å². The molecule has 0 aliphatic carbocycles. The highest BCUT2D eigenvalue weighted by Gasteiger charge is 2.23. The van der Waals surface area contributed by atoms with Crippen LogP contribution in [0.25, 0.3) is 0 Å². The molecule has 4 nitrogen and oxygen atoms in total. The Kier molecular flexibility index (Phi) is 4.51. The van der Waals surface area contributed by atoms with Gasteiger partial charge in [0.2, 0.25) is 0 Å². The highest BCUT2D eigenvalue weighted by Crippen LogP contribution is 2.23. The van der Waals surface area contributed by atoms with Crippen LogP contribution in [0.1, 0.15) is 18.3 Å². The van der Waals surface area contributed by atoms with Gasteiger partial charge in [-0.1, -0.05) is 30.3 Å². The normalized spacial score (nSPS) is 24.2. The van der Waals surface area contributed by atoms with Gasteiger partial charge in [0.25, 0.3) is 0 Å². The van der Waals surface area contributed by atoms with Crippen LogP contribution in [0.2, 0.25) is 0 Å². The highest BCUT2D eigenvalue weighted by molar-refractivity contribution is 5.16. The Morgan fingerprint density at radius 2 is 1.94 bits per heavy atom. The van der Waals surface area contributed by atoms with Crippen LogP contribution in [0, 0.1) is 11.3 Å². The number of hydrogen-bond acceptors (Lipinski definition) is 4. The third-order valence-electron chi connectivity index (χ3n) is 2.51. The lowest BCUT2D eigenvalue weighted by atomic mass is 10.2. The van der Waals surface area contributed by atoms with Gasteiger partial charge in [-0.15, -0.1) is 0 Å². The number of benzene rings is 1. The summed E-state index contributed by atoms with van der Waals surface area (Å²) in [5.74, 6) is 0. The Morgan fingerprint density at radius 3 is 2.59 bits per heavy atom. The molecule has 0 unspecified atom stereocenters. The lowest BCUT2D eigenvalue weighted by Gasteiger charge is -2.29. The molecule has 2 rings (SSSR count). The molecule has 0 atom stereocenters. The fourth-order valence-electron chi connectivity index (χ4n) is 1.66. The topological polar surface area (TPSA) is 51.5 Å². The average molecular weight is 233 g/mol. The van der Waals surface area contributed by atoms with E-state index in [0.717, 1.165) is 5.56 Å². The van der Waals surface area contributed by atoms with Gasteiger partial charge in [0.15, 0.2) is 6.29 Å². The molecule has 4 heteroatoms. The van der Waals surface area contributed by atoms with Crippen LogP contribution in [0.5, 0.6) is 0 Å². The van der Waals surface area contributed by atoms with Crippen molar-refractivity contribution in [1.82, 2.24) is 0 Å². The van der Waals surface area contributed by atoms with Crippen molar-refractivity contribution in [2.75, 3.05) is 19.8 Å². The summed E-state index contributed by atoms with van der Waals surface area (Å²) >= 11 is 0. The van der Waals surface area contributed by atoms with Gasteiger partial charge in [-0.25, -0.2) is 0 Å². The smallest absolute Gasteiger partial charge is 0.184 e. The molecule has 1 aliphatic rings. The van der Waals surface area contributed by atoms with E-state index >= 15 is 0 Å². The van der Waals surface area contributed by atoms with E-state index in [1.165, 1.54) is 0 Å². The first kappa shape index (κ1) is 12.1. The van der Waals surface area contributed by atoms with Crippen molar-refractivity contribution >= 4 is 0 Å². The molecule has 90 valence electrons. The second-order valence-corrected chi connectivity index (χ2v) is 3.81. The maximum Gasteiger partial charge on any atom is 0.184 e. The Bertz CT molecular complexity index is 366. The lowest BCUT2D eigenvalue weighted by molar-refractivity contribution is -0.230. The summed E-state index contributed by atoms with van der Waals surface area (Å²) in [4.78, 5) is 0. The van der Waals surface area contributed by atoms with Crippen molar-refractivity contribution in [3.63, 3.8) is 0 Å². The number of nitrogens with zero attached hydrogens (tertiary/aromatic N) is 1. The number of nitriles is 1. The molecular weight excluding hydrogens is 218 g/mol. The molecule has 0 saturated carbocycles. The van der Waals surface area contributed by atoms with E-state index in [0.29, 0.717) is 26.2 Å². The summed E-state index contributed by atoms with van der Waals surface area (Å²) in [5.41, 5.74) is 1.02. The lowest BCUT2D eigenvalue weighted by Crippen LogP contribution is -2.33. The van der Waals surface area contributed by atoms with E-state index in [4.69, 9.17) is 19.5 Å². The second-order valence-electron chi connectivity index (χ2n) is 3.81. The standard InChI is InChI=1S/C13H15NO3/c14-7-4-8-15-12-9-16-13(17-10-12)11-5-2-1-3-6-11/h1-3,5-6,12-13H,4,8-10H2. The molecule has 1 fully saturated rings. The summed E-state index contributed by atoms with van der Waals surface area (Å²) in [6, 6.07) is 11.9. The van der Waals surface area contributed by atoms with E-state index < -0.39 is 0 Å². The van der Waals surface area contributed by atoms with Crippen molar-refractivity contribution < 1.29 is 14.2 Å². The molecule has 1 saturated heterocycles. The molecule has 1 aromatic rings. The summed E-state index contributed by atoms with van der Waals surface area (Å²) in [7, 11) is 0. The first-order valence-corrected chi connectivity index (χ1v) is 5.67. The largest absolute Gasteiger partial charge is 0.372 e. The van der Waals surface area contributed by atoms with Crippen LogP contribution in [0.4, 0.5) is 0 Å². The average Bonchev–Trinajstić information content (AvgIpc) is 2.41. The molecule has 0 aromatic heterocycles. The molecule has 1 aliphatic heterocycles. The summed E-state index contributed by atoms with van der Waals surface area (Å²) in [6.07, 6.45) is 0.0360. The van der Waals surface area contributed by atoms with E-state index in [-0.39, 0.29) is 12.4 Å². The van der Waals surface area contributed by atoms with Crippen molar-refractivity contribution in [3.05, 3.63) is 35.9 Å². The molecule has 0 amide bonds. The van der Waals surface area contributed by atoms with Gasteiger partial charge in [0.1, 0.15) is 6.10 Å². The fraction of sp³-hybridized carbons (Fsp3) is 0.462. The predicted octanol–water partition coefficient (Wildman–Crippen LogP) is 2.03. The zero-order valence-corrected chi connectivity index (χ0v) is 9.54. The van der Waals surface area contributed by atoms with Crippen LogP contribution < -0.4 is 0 Å². The van der Waals surface area contributed by atoms with Gasteiger partial charge in [0.05, 0.1) is 32.3 Å². The fourth-order valence-corrected chi connectivity index (χ4v) is 1.66. The summed E-state index contributed by atoms with van der Waals surface area (Å²) < 4.78 is 16.6. The van der Waals surface area contributed by atoms with Gasteiger partial charge in [-0.2, -0.15) is 5.26 Å². The molecule has 0 bridgehead atoms. The third-order valence-corrected chi connectivity index (χ3v) is 2.51. The Balaban J connectivity index is 1.77. The number of rotatable bonds is 4. The van der Waals surface area contributed by atoms with Gasteiger partial charge >= 0.3 is 0 Å². The molecular formula is C13H15NO3. The minimum absolute atomic E-state index is 0.0664. The van der Waals surface area contributed by atoms with Crippen molar-refractivity contribution in [1.29, 1.82) is 5.26 Å². The first-order chi connectivity index (χ1) is 8.40. The zero-order valence-electron chi connectivity index (χ0n) is 9.54. The highest BCUT2D eigenvalue weighted by atomic mass is 16.7. The minimum atomic E-state index is -0.299. The van der Waals surface area contributed by atoms with Crippen LogP contribution in [0.15, 0.2) is 30.3 Å². The Hall–Kier alpha value is -1.41. The molecule has 0 radical (unpaired) electrons. The van der Waals surface area contributed by atoms with Crippen LogP contribution in [-0.2, 0) is 14.2 Å². The summed E-state index contributed by atoms with van der Waals surface area (Å²) in [5, 5.41) is 8.39. The minimum Gasteiger partial charge on any atom is -0.372 e. The molecule has 0 N–H and O–H groups in total. The zero-order chi connectivity index (χ0) is 11.9. The van der Waals surface area contributed by atoms with Crippen molar-refractivity contribution in [3.8, 4) is 6.07 Å². The van der Waals surface area contributed by atoms with Crippen LogP contribution in [0.3, 0.4) is 0 Å². The Labute approximate surface area is 101 Å². The van der Waals surface area contributed by atoms with Gasteiger partial charge in [-0.3, -0.25) is 0 Å². The number of hydrogen-bond donors (Lipinski definition) is 0. The molecule has 0 spiro atoms. The van der Waals surface area contributed by atoms with Gasteiger partial charge in [0, 0.05) is 5.56 Å². The van der Waals surface area contributed by atoms with Crippen molar-refractivity contribution in [2.45, 2.75) is 18.8 Å². The monoisotopic (exact) mass is 233 g/mol. The summed E-state index contributed by atoms with van der Waals surface area (Å²) in [6.45, 7) is 1.44. The first-order valence-electron chi connectivity index (χ1n) is 5.67. The Morgan fingerprint density at radius 1 is 1.24 bits per heavy atom. The SMILES string of the molecule is N#CCCOC1COC(c2ccccc2)OC1. The second kappa shape index (κ2) is 6.36.